The van der Waals surface area contributed by atoms with Crippen LogP contribution in [0.1, 0.15) is 25.3 Å². The zero-order chi connectivity index (χ0) is 25.1. The van der Waals surface area contributed by atoms with E-state index in [1.54, 1.807) is 6.92 Å². The van der Waals surface area contributed by atoms with Gasteiger partial charge in [-0.1, -0.05) is 6.92 Å². The number of halogens is 5. The van der Waals surface area contributed by atoms with Crippen molar-refractivity contribution < 1.29 is 31.5 Å². The molecule has 0 radical (unpaired) electrons. The highest BCUT2D eigenvalue weighted by Gasteiger charge is 2.57. The predicted molar refractivity (Wildman–Crippen MR) is 108 cm³/mol. The summed E-state index contributed by atoms with van der Waals surface area (Å²) < 4.78 is 65.5. The normalized spacial score (nSPS) is 18.2. The lowest BCUT2D eigenvalue weighted by atomic mass is 9.79. The summed E-state index contributed by atoms with van der Waals surface area (Å²) in [5.41, 5.74) is 9.74. The molecule has 0 fully saturated rings. The zero-order valence-electron chi connectivity index (χ0n) is 17.5. The van der Waals surface area contributed by atoms with E-state index in [0.29, 0.717) is 0 Å². The summed E-state index contributed by atoms with van der Waals surface area (Å²) in [6, 6.07) is 2.99. The van der Waals surface area contributed by atoms with Gasteiger partial charge in [0.05, 0.1) is 10.9 Å². The van der Waals surface area contributed by atoms with Crippen LogP contribution in [-0.2, 0) is 21.5 Å². The molecule has 180 valence electrons. The number of alkyl halides is 5. The molecule has 1 aliphatic heterocycles. The number of nitrogens with one attached hydrogen (secondary N) is 1. The minimum absolute atomic E-state index is 0.00272. The second kappa shape index (κ2) is 7.56. The SMILES string of the molecule is CCC1(C(N)=O)C(=O)Nc2nc(-c3nn(CCC(F)(F)C(F)(F)F)c4ncccc34)nc(N)c21. The van der Waals surface area contributed by atoms with E-state index in [1.807, 2.05) is 0 Å². The van der Waals surface area contributed by atoms with Crippen LogP contribution >= 0.6 is 0 Å². The van der Waals surface area contributed by atoms with Crippen LogP contribution in [0, 0.1) is 0 Å². The van der Waals surface area contributed by atoms with Crippen molar-refractivity contribution in [3.05, 3.63) is 23.9 Å². The summed E-state index contributed by atoms with van der Waals surface area (Å²) in [7, 11) is 0. The number of pyridine rings is 1. The van der Waals surface area contributed by atoms with Gasteiger partial charge in [0.1, 0.15) is 17.3 Å². The van der Waals surface area contributed by atoms with Gasteiger partial charge in [0.2, 0.25) is 11.8 Å². The van der Waals surface area contributed by atoms with Crippen LogP contribution in [0.15, 0.2) is 18.3 Å². The first-order valence-corrected chi connectivity index (χ1v) is 9.89. The third kappa shape index (κ3) is 3.30. The van der Waals surface area contributed by atoms with Crippen molar-refractivity contribution in [2.24, 2.45) is 5.73 Å². The Hall–Kier alpha value is -3.91. The van der Waals surface area contributed by atoms with Crippen molar-refractivity contribution in [3.63, 3.8) is 0 Å². The molecule has 0 aliphatic carbocycles. The second-order valence-corrected chi connectivity index (χ2v) is 7.63. The van der Waals surface area contributed by atoms with Crippen molar-refractivity contribution >= 4 is 34.5 Å². The Kier molecular flexibility index (Phi) is 5.17. The zero-order valence-corrected chi connectivity index (χ0v) is 17.5. The summed E-state index contributed by atoms with van der Waals surface area (Å²) in [6.45, 7) is 0.752. The number of carbonyl (C=O) groups excluding carboxylic acids is 2. The largest absolute Gasteiger partial charge is 0.453 e. The summed E-state index contributed by atoms with van der Waals surface area (Å²) >= 11 is 0. The van der Waals surface area contributed by atoms with Crippen molar-refractivity contribution in [3.8, 4) is 11.5 Å². The van der Waals surface area contributed by atoms with Gasteiger partial charge in [-0.25, -0.2) is 19.6 Å². The molecule has 0 aromatic carbocycles. The molecule has 34 heavy (non-hydrogen) atoms. The third-order valence-electron chi connectivity index (χ3n) is 5.71. The molecule has 2 amide bonds. The third-order valence-corrected chi connectivity index (χ3v) is 5.71. The molecule has 1 aliphatic rings. The van der Waals surface area contributed by atoms with Crippen LogP contribution in [0.25, 0.3) is 22.6 Å². The number of hydrogen-bond donors (Lipinski definition) is 3. The van der Waals surface area contributed by atoms with Crippen LogP contribution in [0.5, 0.6) is 0 Å². The lowest BCUT2D eigenvalue weighted by Crippen LogP contribution is -2.46. The Morgan fingerprint density at radius 3 is 2.56 bits per heavy atom. The number of primary amides is 1. The first-order valence-electron chi connectivity index (χ1n) is 9.89. The number of amides is 2. The maximum Gasteiger partial charge on any atom is 0.453 e. The predicted octanol–water partition coefficient (Wildman–Crippen LogP) is 2.14. The maximum absolute atomic E-state index is 13.5. The molecule has 4 rings (SSSR count). The van der Waals surface area contributed by atoms with Crippen LogP contribution in [0.4, 0.5) is 33.6 Å². The quantitative estimate of drug-likeness (QED) is 0.358. The molecule has 0 saturated carbocycles. The molecule has 4 heterocycles. The van der Waals surface area contributed by atoms with Gasteiger partial charge in [-0.05, 0) is 18.6 Å². The number of rotatable bonds is 6. The standard InChI is InChI=1S/C19H17F5N8O2/c1-2-17(15(26)33)9-11(25)28-13(29-12(9)30-16(17)34)10-8-4-3-6-27-14(8)32(31-10)7-5-18(20,21)19(22,23)24/h3-4,6H,2,5,7H2,1H3,(H2,26,33)(H3,25,28,29,30,34). The summed E-state index contributed by atoms with van der Waals surface area (Å²) in [5.74, 6) is -7.09. The molecule has 1 atom stereocenters. The fraction of sp³-hybridized carbons (Fsp3) is 0.368. The summed E-state index contributed by atoms with van der Waals surface area (Å²) in [6.07, 6.45) is -5.98. The van der Waals surface area contributed by atoms with Gasteiger partial charge in [0.15, 0.2) is 16.9 Å². The van der Waals surface area contributed by atoms with Gasteiger partial charge in [-0.2, -0.15) is 27.1 Å². The average Bonchev–Trinajstić information content (AvgIpc) is 3.26. The van der Waals surface area contributed by atoms with Crippen LogP contribution < -0.4 is 16.8 Å². The number of nitrogens with two attached hydrogens (primary N) is 2. The molecular weight excluding hydrogens is 467 g/mol. The molecule has 0 spiro atoms. The molecule has 0 saturated heterocycles. The van der Waals surface area contributed by atoms with Crippen LogP contribution in [0.2, 0.25) is 0 Å². The first-order chi connectivity index (χ1) is 15.8. The highest BCUT2D eigenvalue weighted by molar-refractivity contribution is 6.20. The van der Waals surface area contributed by atoms with Gasteiger partial charge in [0, 0.05) is 19.2 Å². The van der Waals surface area contributed by atoms with Crippen molar-refractivity contribution in [2.45, 2.75) is 43.8 Å². The van der Waals surface area contributed by atoms with E-state index in [2.05, 4.69) is 25.4 Å². The average molecular weight is 484 g/mol. The Balaban J connectivity index is 1.81. The number of aromatic nitrogens is 5. The number of nitrogen functional groups attached to an aromatic ring is 1. The molecule has 3 aromatic rings. The minimum Gasteiger partial charge on any atom is -0.383 e. The topological polar surface area (TPSA) is 155 Å². The Bertz CT molecular complexity index is 1320. The monoisotopic (exact) mass is 484 g/mol. The van der Waals surface area contributed by atoms with E-state index in [0.717, 1.165) is 4.68 Å². The van der Waals surface area contributed by atoms with Crippen molar-refractivity contribution in [1.82, 2.24) is 24.7 Å². The number of aryl methyl sites for hydroxylation is 1. The van der Waals surface area contributed by atoms with Crippen LogP contribution in [0.3, 0.4) is 0 Å². The van der Waals surface area contributed by atoms with E-state index >= 15 is 0 Å². The Morgan fingerprint density at radius 1 is 1.24 bits per heavy atom. The van der Waals surface area contributed by atoms with Gasteiger partial charge < -0.3 is 16.8 Å². The Morgan fingerprint density at radius 2 is 1.94 bits per heavy atom. The summed E-state index contributed by atoms with van der Waals surface area (Å²) in [4.78, 5) is 37.0. The lowest BCUT2D eigenvalue weighted by molar-refractivity contribution is -0.285. The van der Waals surface area contributed by atoms with E-state index in [4.69, 9.17) is 11.5 Å². The van der Waals surface area contributed by atoms with Gasteiger partial charge in [0.25, 0.3) is 0 Å². The van der Waals surface area contributed by atoms with E-state index in [-0.39, 0.29) is 46.2 Å². The van der Waals surface area contributed by atoms with Crippen LogP contribution in [-0.4, -0.2) is 48.6 Å². The first kappa shape index (κ1) is 23.3. The van der Waals surface area contributed by atoms with Crippen molar-refractivity contribution in [2.75, 3.05) is 11.1 Å². The molecule has 3 aromatic heterocycles. The van der Waals surface area contributed by atoms with Gasteiger partial charge in [-0.15, -0.1) is 0 Å². The maximum atomic E-state index is 13.5. The minimum atomic E-state index is -5.71. The number of carbonyl (C=O) groups is 2. The molecule has 1 unspecified atom stereocenters. The second-order valence-electron chi connectivity index (χ2n) is 7.63. The number of fused-ring (bicyclic) bond motifs is 2. The van der Waals surface area contributed by atoms with Gasteiger partial charge in [-0.3, -0.25) is 9.59 Å². The van der Waals surface area contributed by atoms with E-state index in [9.17, 15) is 31.5 Å². The van der Waals surface area contributed by atoms with E-state index in [1.165, 1.54) is 18.3 Å². The lowest BCUT2D eigenvalue weighted by Gasteiger charge is -2.22. The molecule has 5 N–H and O–H groups in total. The highest BCUT2D eigenvalue weighted by atomic mass is 19.4. The number of nitrogens with zero attached hydrogens (tertiary/aromatic N) is 5. The fourth-order valence-corrected chi connectivity index (χ4v) is 3.89. The highest BCUT2D eigenvalue weighted by Crippen LogP contribution is 2.43. The molecule has 10 nitrogen and oxygen atoms in total. The Labute approximate surface area is 187 Å². The molecule has 15 heteroatoms. The fourth-order valence-electron chi connectivity index (χ4n) is 3.89. The van der Waals surface area contributed by atoms with Gasteiger partial charge >= 0.3 is 12.1 Å². The number of hydrogen-bond acceptors (Lipinski definition) is 7. The van der Waals surface area contributed by atoms with E-state index < -0.39 is 42.3 Å². The number of anilines is 2. The van der Waals surface area contributed by atoms with Crippen molar-refractivity contribution in [1.29, 1.82) is 0 Å². The summed E-state index contributed by atoms with van der Waals surface area (Å²) in [5, 5.41) is 6.78. The smallest absolute Gasteiger partial charge is 0.383 e. The molecule has 0 bridgehead atoms. The molecular formula is C19H17F5N8O2.